The fourth-order valence-electron chi connectivity index (χ4n) is 2.22. The molecule has 0 amide bonds. The lowest BCUT2D eigenvalue weighted by Gasteiger charge is -2.08. The third-order valence-corrected chi connectivity index (χ3v) is 3.04. The van der Waals surface area contributed by atoms with Crippen molar-refractivity contribution < 1.29 is 0 Å². The van der Waals surface area contributed by atoms with Crippen molar-refractivity contribution in [3.63, 3.8) is 0 Å². The molecular formula is C14H20N4. The molecule has 4 heteroatoms. The van der Waals surface area contributed by atoms with Crippen LogP contribution in [0.4, 0.5) is 0 Å². The van der Waals surface area contributed by atoms with Gasteiger partial charge in [-0.3, -0.25) is 5.41 Å². The lowest BCUT2D eigenvalue weighted by Crippen LogP contribution is -2.11. The van der Waals surface area contributed by atoms with Crippen molar-refractivity contribution in [2.24, 2.45) is 5.73 Å². The zero-order chi connectivity index (χ0) is 13.0. The van der Waals surface area contributed by atoms with Crippen molar-refractivity contribution in [2.45, 2.75) is 39.2 Å². The Morgan fingerprint density at radius 3 is 2.89 bits per heavy atom. The zero-order valence-corrected chi connectivity index (χ0v) is 10.8. The van der Waals surface area contributed by atoms with Gasteiger partial charge in [-0.1, -0.05) is 19.1 Å². The second kappa shape index (κ2) is 5.67. The molecule has 0 atom stereocenters. The van der Waals surface area contributed by atoms with E-state index in [2.05, 4.69) is 28.6 Å². The first-order chi connectivity index (χ1) is 8.72. The van der Waals surface area contributed by atoms with Gasteiger partial charge >= 0.3 is 0 Å². The van der Waals surface area contributed by atoms with Gasteiger partial charge in [0, 0.05) is 19.4 Å². The van der Waals surface area contributed by atoms with E-state index in [0.29, 0.717) is 6.42 Å². The van der Waals surface area contributed by atoms with Crippen molar-refractivity contribution in [1.82, 2.24) is 9.55 Å². The number of fused-ring (bicyclic) bond motifs is 1. The van der Waals surface area contributed by atoms with Crippen LogP contribution in [0.15, 0.2) is 24.3 Å². The molecule has 2 aromatic rings. The number of amidine groups is 1. The minimum Gasteiger partial charge on any atom is -0.388 e. The summed E-state index contributed by atoms with van der Waals surface area (Å²) in [6, 6.07) is 8.22. The average Bonchev–Trinajstić information content (AvgIpc) is 2.68. The average molecular weight is 244 g/mol. The van der Waals surface area contributed by atoms with Gasteiger partial charge in [0.05, 0.1) is 16.9 Å². The smallest absolute Gasteiger partial charge is 0.109 e. The Balaban J connectivity index is 2.26. The third kappa shape index (κ3) is 2.70. The first-order valence-electron chi connectivity index (χ1n) is 6.49. The number of aryl methyl sites for hydroxylation is 2. The highest BCUT2D eigenvalue weighted by Gasteiger charge is 2.09. The number of nitrogens with two attached hydrogens (primary N) is 1. The van der Waals surface area contributed by atoms with Crippen LogP contribution in [0.2, 0.25) is 0 Å². The quantitative estimate of drug-likeness (QED) is 0.606. The number of para-hydroxylation sites is 2. The van der Waals surface area contributed by atoms with E-state index in [4.69, 9.17) is 11.1 Å². The summed E-state index contributed by atoms with van der Waals surface area (Å²) in [7, 11) is 0. The summed E-state index contributed by atoms with van der Waals surface area (Å²) < 4.78 is 2.27. The maximum Gasteiger partial charge on any atom is 0.109 e. The highest BCUT2D eigenvalue weighted by Crippen LogP contribution is 2.17. The Morgan fingerprint density at radius 1 is 1.39 bits per heavy atom. The lowest BCUT2D eigenvalue weighted by atomic mass is 10.2. The van der Waals surface area contributed by atoms with Gasteiger partial charge in [0.2, 0.25) is 0 Å². The van der Waals surface area contributed by atoms with Gasteiger partial charge in [-0.15, -0.1) is 0 Å². The number of rotatable bonds is 6. The molecule has 0 unspecified atom stereocenters. The molecule has 0 aliphatic heterocycles. The number of imidazole rings is 1. The summed E-state index contributed by atoms with van der Waals surface area (Å²) in [5.41, 5.74) is 7.64. The third-order valence-electron chi connectivity index (χ3n) is 3.04. The molecule has 0 saturated heterocycles. The van der Waals surface area contributed by atoms with E-state index in [9.17, 15) is 0 Å². The largest absolute Gasteiger partial charge is 0.388 e. The molecule has 0 bridgehead atoms. The molecule has 1 heterocycles. The van der Waals surface area contributed by atoms with E-state index >= 15 is 0 Å². The predicted molar refractivity (Wildman–Crippen MR) is 74.9 cm³/mol. The van der Waals surface area contributed by atoms with Gasteiger partial charge in [-0.05, 0) is 25.0 Å². The van der Waals surface area contributed by atoms with Crippen LogP contribution in [0.1, 0.15) is 32.0 Å². The van der Waals surface area contributed by atoms with Crippen LogP contribution in [0.3, 0.4) is 0 Å². The van der Waals surface area contributed by atoms with Crippen molar-refractivity contribution in [1.29, 1.82) is 5.41 Å². The summed E-state index contributed by atoms with van der Waals surface area (Å²) in [5.74, 6) is 1.40. The van der Waals surface area contributed by atoms with E-state index in [1.165, 1.54) is 5.52 Å². The van der Waals surface area contributed by atoms with Crippen LogP contribution in [-0.2, 0) is 13.0 Å². The SMILES string of the molecule is CCCc1nc2ccccc2n1CCCC(=N)N. The fraction of sp³-hybridized carbons (Fsp3) is 0.429. The number of hydrogen-bond donors (Lipinski definition) is 2. The van der Waals surface area contributed by atoms with Crippen molar-refractivity contribution in [3.05, 3.63) is 30.1 Å². The number of hydrogen-bond acceptors (Lipinski definition) is 2. The maximum absolute atomic E-state index is 7.27. The predicted octanol–water partition coefficient (Wildman–Crippen LogP) is 2.70. The molecule has 0 fully saturated rings. The van der Waals surface area contributed by atoms with Crippen LogP contribution >= 0.6 is 0 Å². The van der Waals surface area contributed by atoms with Crippen LogP contribution in [-0.4, -0.2) is 15.4 Å². The molecule has 0 saturated carbocycles. The standard InChI is InChI=1S/C14H20N4/c1-2-6-14-17-11-7-3-4-8-12(11)18(14)10-5-9-13(15)16/h3-4,7-8H,2,5-6,9-10H2,1H3,(H3,15,16). The zero-order valence-electron chi connectivity index (χ0n) is 10.8. The molecule has 1 aromatic heterocycles. The topological polar surface area (TPSA) is 67.7 Å². The van der Waals surface area contributed by atoms with Crippen molar-refractivity contribution in [2.75, 3.05) is 0 Å². The molecule has 2 rings (SSSR count). The first-order valence-corrected chi connectivity index (χ1v) is 6.49. The monoisotopic (exact) mass is 244 g/mol. The van der Waals surface area contributed by atoms with Crippen LogP contribution in [0.25, 0.3) is 11.0 Å². The maximum atomic E-state index is 7.27. The van der Waals surface area contributed by atoms with Crippen molar-refractivity contribution in [3.8, 4) is 0 Å². The Morgan fingerprint density at radius 2 is 2.17 bits per heavy atom. The van der Waals surface area contributed by atoms with E-state index in [-0.39, 0.29) is 5.84 Å². The normalized spacial score (nSPS) is 10.9. The van der Waals surface area contributed by atoms with Gasteiger partial charge in [-0.25, -0.2) is 4.98 Å². The number of benzene rings is 1. The van der Waals surface area contributed by atoms with E-state index in [1.807, 2.05) is 12.1 Å². The molecular weight excluding hydrogens is 224 g/mol. The fourth-order valence-corrected chi connectivity index (χ4v) is 2.22. The number of nitrogens with one attached hydrogen (secondary N) is 1. The van der Waals surface area contributed by atoms with Gasteiger partial charge in [0.1, 0.15) is 5.82 Å². The van der Waals surface area contributed by atoms with Gasteiger partial charge in [0.15, 0.2) is 0 Å². The minimum absolute atomic E-state index is 0.261. The van der Waals surface area contributed by atoms with Crippen LogP contribution in [0, 0.1) is 5.41 Å². The van der Waals surface area contributed by atoms with E-state index in [1.54, 1.807) is 0 Å². The second-order valence-electron chi connectivity index (χ2n) is 4.55. The van der Waals surface area contributed by atoms with Gasteiger partial charge < -0.3 is 10.3 Å². The molecule has 0 aliphatic rings. The molecule has 4 nitrogen and oxygen atoms in total. The summed E-state index contributed by atoms with van der Waals surface area (Å²) in [6.45, 7) is 3.05. The summed E-state index contributed by atoms with van der Waals surface area (Å²) >= 11 is 0. The Bertz CT molecular complexity index is 542. The van der Waals surface area contributed by atoms with Crippen LogP contribution < -0.4 is 5.73 Å². The molecule has 18 heavy (non-hydrogen) atoms. The molecule has 0 aliphatic carbocycles. The Hall–Kier alpha value is -1.84. The number of aromatic nitrogens is 2. The number of nitrogens with zero attached hydrogens (tertiary/aromatic N) is 2. The Labute approximate surface area is 107 Å². The highest BCUT2D eigenvalue weighted by atomic mass is 15.1. The van der Waals surface area contributed by atoms with E-state index < -0.39 is 0 Å². The second-order valence-corrected chi connectivity index (χ2v) is 4.55. The Kier molecular flexibility index (Phi) is 3.97. The lowest BCUT2D eigenvalue weighted by molar-refractivity contribution is 0.630. The molecule has 0 radical (unpaired) electrons. The van der Waals surface area contributed by atoms with Crippen LogP contribution in [0.5, 0.6) is 0 Å². The molecule has 1 aromatic carbocycles. The van der Waals surface area contributed by atoms with Gasteiger partial charge in [0.25, 0.3) is 0 Å². The summed E-state index contributed by atoms with van der Waals surface area (Å²) in [5, 5.41) is 7.27. The molecule has 96 valence electrons. The summed E-state index contributed by atoms with van der Waals surface area (Å²) in [6.07, 6.45) is 3.63. The molecule has 3 N–H and O–H groups in total. The summed E-state index contributed by atoms with van der Waals surface area (Å²) in [4.78, 5) is 4.68. The molecule has 0 spiro atoms. The van der Waals surface area contributed by atoms with Gasteiger partial charge in [-0.2, -0.15) is 0 Å². The highest BCUT2D eigenvalue weighted by molar-refractivity contribution is 5.77. The van der Waals surface area contributed by atoms with Crippen molar-refractivity contribution >= 4 is 16.9 Å². The first kappa shape index (κ1) is 12.6. The van der Waals surface area contributed by atoms with E-state index in [0.717, 1.165) is 37.1 Å². The minimum atomic E-state index is 0.261.